The zero-order chi connectivity index (χ0) is 15.0. The number of pyridine rings is 1. The van der Waals surface area contributed by atoms with E-state index < -0.39 is 5.82 Å². The van der Waals surface area contributed by atoms with Crippen molar-refractivity contribution in [3.05, 3.63) is 76.2 Å². The van der Waals surface area contributed by atoms with E-state index in [0.717, 1.165) is 22.5 Å². The van der Waals surface area contributed by atoms with Crippen molar-refractivity contribution in [1.29, 1.82) is 0 Å². The number of rotatable bonds is 2. The molecule has 0 aliphatic rings. The van der Waals surface area contributed by atoms with Gasteiger partial charge >= 0.3 is 0 Å². The van der Waals surface area contributed by atoms with Crippen LogP contribution in [0.4, 0.5) is 4.39 Å². The van der Waals surface area contributed by atoms with Gasteiger partial charge in [0, 0.05) is 10.9 Å². The van der Waals surface area contributed by atoms with E-state index in [1.54, 1.807) is 6.07 Å². The monoisotopic (exact) mass is 299 g/mol. The number of halogens is 2. The molecule has 2 nitrogen and oxygen atoms in total. The molecule has 0 radical (unpaired) electrons. The normalized spacial score (nSPS) is 10.8. The van der Waals surface area contributed by atoms with Gasteiger partial charge in [0.2, 0.25) is 5.78 Å². The number of benzene rings is 2. The van der Waals surface area contributed by atoms with E-state index in [1.165, 1.54) is 12.1 Å². The lowest BCUT2D eigenvalue weighted by Crippen LogP contribution is -2.06. The first-order valence-corrected chi connectivity index (χ1v) is 6.80. The van der Waals surface area contributed by atoms with Crippen LogP contribution in [0.1, 0.15) is 21.6 Å². The fraction of sp³-hybridized carbons (Fsp3) is 0.0588. The van der Waals surface area contributed by atoms with Crippen molar-refractivity contribution in [2.75, 3.05) is 0 Å². The summed E-state index contributed by atoms with van der Waals surface area (Å²) in [5, 5.41) is 1.20. The fourth-order valence-electron chi connectivity index (χ4n) is 2.28. The molecule has 0 fully saturated rings. The molecule has 0 spiro atoms. The van der Waals surface area contributed by atoms with Crippen molar-refractivity contribution < 1.29 is 9.18 Å². The number of ketones is 1. The van der Waals surface area contributed by atoms with Crippen molar-refractivity contribution >= 4 is 28.3 Å². The van der Waals surface area contributed by atoms with Gasteiger partial charge in [-0.1, -0.05) is 29.8 Å². The van der Waals surface area contributed by atoms with Crippen LogP contribution in [0.3, 0.4) is 0 Å². The molecule has 0 bridgehead atoms. The summed E-state index contributed by atoms with van der Waals surface area (Å²) in [6.07, 6.45) is 0. The van der Waals surface area contributed by atoms with Crippen LogP contribution in [0.25, 0.3) is 10.9 Å². The Bertz CT molecular complexity index is 861. The van der Waals surface area contributed by atoms with Gasteiger partial charge in [0.15, 0.2) is 0 Å². The average molecular weight is 300 g/mol. The molecule has 1 heterocycles. The van der Waals surface area contributed by atoms with Gasteiger partial charge in [-0.3, -0.25) is 4.79 Å². The van der Waals surface area contributed by atoms with Crippen LogP contribution < -0.4 is 0 Å². The Morgan fingerprint density at radius 3 is 2.71 bits per heavy atom. The second kappa shape index (κ2) is 5.26. The average Bonchev–Trinajstić information content (AvgIpc) is 2.49. The molecule has 0 unspecified atom stereocenters. The van der Waals surface area contributed by atoms with Crippen LogP contribution in [0, 0.1) is 12.7 Å². The quantitative estimate of drug-likeness (QED) is 0.649. The first-order chi connectivity index (χ1) is 10.1. The van der Waals surface area contributed by atoms with E-state index in [0.29, 0.717) is 0 Å². The molecule has 0 aliphatic carbocycles. The molecule has 0 aliphatic heterocycles. The van der Waals surface area contributed by atoms with Gasteiger partial charge in [0.05, 0.1) is 10.5 Å². The van der Waals surface area contributed by atoms with Crippen molar-refractivity contribution in [2.24, 2.45) is 0 Å². The summed E-state index contributed by atoms with van der Waals surface area (Å²) in [7, 11) is 0. The number of aryl methyl sites for hydroxylation is 1. The zero-order valence-electron chi connectivity index (χ0n) is 11.2. The minimum Gasteiger partial charge on any atom is -0.287 e. The molecule has 21 heavy (non-hydrogen) atoms. The Hall–Kier alpha value is -2.26. The van der Waals surface area contributed by atoms with Gasteiger partial charge in [0.1, 0.15) is 11.5 Å². The van der Waals surface area contributed by atoms with Crippen LogP contribution in [0.2, 0.25) is 5.02 Å². The molecule has 3 rings (SSSR count). The van der Waals surface area contributed by atoms with E-state index in [2.05, 4.69) is 4.98 Å². The highest BCUT2D eigenvalue weighted by Gasteiger charge is 2.16. The van der Waals surface area contributed by atoms with E-state index >= 15 is 0 Å². The van der Waals surface area contributed by atoms with E-state index in [-0.39, 0.29) is 22.1 Å². The molecule has 0 amide bonds. The summed E-state index contributed by atoms with van der Waals surface area (Å²) >= 11 is 5.98. The highest BCUT2D eigenvalue weighted by atomic mass is 35.5. The predicted molar refractivity (Wildman–Crippen MR) is 81.3 cm³/mol. The third-order valence-corrected chi connectivity index (χ3v) is 3.66. The Balaban J connectivity index is 2.16. The maximum atomic E-state index is 13.3. The predicted octanol–water partition coefficient (Wildman–Crippen LogP) is 4.57. The van der Waals surface area contributed by atoms with Gasteiger partial charge in [0.25, 0.3) is 0 Å². The molecule has 0 N–H and O–H groups in total. The SMILES string of the molecule is Cc1cc(C(=O)c2cc(F)ccc2Cl)nc2ccccc12. The Morgan fingerprint density at radius 2 is 1.90 bits per heavy atom. The minimum absolute atomic E-state index is 0.124. The Labute approximate surface area is 126 Å². The third-order valence-electron chi connectivity index (χ3n) is 3.33. The summed E-state index contributed by atoms with van der Waals surface area (Å²) in [6.45, 7) is 1.91. The standard InChI is InChI=1S/C17H11ClFNO/c1-10-8-16(20-15-5-3-2-4-12(10)15)17(21)13-9-11(19)6-7-14(13)18/h2-9H,1H3. The molecule has 104 valence electrons. The van der Waals surface area contributed by atoms with Crippen LogP contribution in [0.15, 0.2) is 48.5 Å². The summed E-state index contributed by atoms with van der Waals surface area (Å²) in [6, 6.07) is 13.0. The summed E-state index contributed by atoms with van der Waals surface area (Å²) in [5.41, 5.74) is 2.06. The number of carbonyl (C=O) groups excluding carboxylic acids is 1. The van der Waals surface area contributed by atoms with Crippen LogP contribution >= 0.6 is 11.6 Å². The number of aromatic nitrogens is 1. The number of carbonyl (C=O) groups is 1. The second-order valence-electron chi connectivity index (χ2n) is 4.79. The molecule has 0 atom stereocenters. The number of hydrogen-bond donors (Lipinski definition) is 0. The molecule has 2 aromatic carbocycles. The Morgan fingerprint density at radius 1 is 1.14 bits per heavy atom. The van der Waals surface area contributed by atoms with E-state index in [9.17, 15) is 9.18 Å². The molecule has 0 saturated heterocycles. The highest BCUT2D eigenvalue weighted by molar-refractivity contribution is 6.34. The smallest absolute Gasteiger partial charge is 0.212 e. The molecule has 0 saturated carbocycles. The maximum Gasteiger partial charge on any atom is 0.212 e. The molecular weight excluding hydrogens is 289 g/mol. The van der Waals surface area contributed by atoms with Crippen molar-refractivity contribution in [3.8, 4) is 0 Å². The molecule has 4 heteroatoms. The lowest BCUT2D eigenvalue weighted by Gasteiger charge is -2.07. The van der Waals surface area contributed by atoms with Crippen LogP contribution in [0.5, 0.6) is 0 Å². The van der Waals surface area contributed by atoms with Gasteiger partial charge in [-0.05, 0) is 42.8 Å². The lowest BCUT2D eigenvalue weighted by atomic mass is 10.0. The van der Waals surface area contributed by atoms with Crippen LogP contribution in [-0.2, 0) is 0 Å². The first kappa shape index (κ1) is 13.7. The van der Waals surface area contributed by atoms with Crippen molar-refractivity contribution in [1.82, 2.24) is 4.98 Å². The maximum absolute atomic E-state index is 13.3. The second-order valence-corrected chi connectivity index (χ2v) is 5.20. The Kier molecular flexibility index (Phi) is 3.43. The fourth-order valence-corrected chi connectivity index (χ4v) is 2.48. The number of fused-ring (bicyclic) bond motifs is 1. The molecule has 1 aromatic heterocycles. The van der Waals surface area contributed by atoms with Gasteiger partial charge in [-0.2, -0.15) is 0 Å². The molecule has 3 aromatic rings. The summed E-state index contributed by atoms with van der Waals surface area (Å²) in [5.74, 6) is -0.881. The number of nitrogens with zero attached hydrogens (tertiary/aromatic N) is 1. The van der Waals surface area contributed by atoms with E-state index in [4.69, 9.17) is 11.6 Å². The highest BCUT2D eigenvalue weighted by Crippen LogP contribution is 2.23. The zero-order valence-corrected chi connectivity index (χ0v) is 12.0. The summed E-state index contributed by atoms with van der Waals surface area (Å²) < 4.78 is 13.3. The van der Waals surface area contributed by atoms with E-state index in [1.807, 2.05) is 31.2 Å². The van der Waals surface area contributed by atoms with Crippen molar-refractivity contribution in [3.63, 3.8) is 0 Å². The third kappa shape index (κ3) is 2.52. The minimum atomic E-state index is -0.500. The topological polar surface area (TPSA) is 30.0 Å². The van der Waals surface area contributed by atoms with Gasteiger partial charge in [-0.25, -0.2) is 9.37 Å². The number of hydrogen-bond acceptors (Lipinski definition) is 2. The van der Waals surface area contributed by atoms with Crippen LogP contribution in [-0.4, -0.2) is 10.8 Å². The van der Waals surface area contributed by atoms with Gasteiger partial charge < -0.3 is 0 Å². The largest absolute Gasteiger partial charge is 0.287 e. The first-order valence-electron chi connectivity index (χ1n) is 6.42. The van der Waals surface area contributed by atoms with Gasteiger partial charge in [-0.15, -0.1) is 0 Å². The van der Waals surface area contributed by atoms with Crippen molar-refractivity contribution in [2.45, 2.75) is 6.92 Å². The number of para-hydroxylation sites is 1. The molecular formula is C17H11ClFNO. The lowest BCUT2D eigenvalue weighted by molar-refractivity contribution is 0.103. The summed E-state index contributed by atoms with van der Waals surface area (Å²) in [4.78, 5) is 16.9.